The topological polar surface area (TPSA) is 50.4 Å². The summed E-state index contributed by atoms with van der Waals surface area (Å²) >= 11 is 0. The molecule has 1 aliphatic heterocycles. The minimum absolute atomic E-state index is 0. The molecule has 90 valence electrons. The minimum Gasteiger partial charge on any atom is -0.444 e. The SMILES string of the molecule is CC(C)(C)OC(=O)NC[C@@H]1CCNC1.Cl. The number of nitrogens with one attached hydrogen (secondary N) is 2. The lowest BCUT2D eigenvalue weighted by molar-refractivity contribution is 0.0520. The predicted molar refractivity (Wildman–Crippen MR) is 62.5 cm³/mol. The normalized spacial score (nSPS) is 20.6. The van der Waals surface area contributed by atoms with E-state index in [1.807, 2.05) is 20.8 Å². The molecule has 0 bridgehead atoms. The zero-order valence-electron chi connectivity index (χ0n) is 9.63. The van der Waals surface area contributed by atoms with Crippen LogP contribution in [0, 0.1) is 5.92 Å². The molecule has 5 heteroatoms. The number of carbonyl (C=O) groups is 1. The molecule has 1 amide bonds. The van der Waals surface area contributed by atoms with Crippen LogP contribution >= 0.6 is 12.4 Å². The molecule has 15 heavy (non-hydrogen) atoms. The number of amides is 1. The largest absolute Gasteiger partial charge is 0.444 e. The summed E-state index contributed by atoms with van der Waals surface area (Å²) in [6.45, 7) is 8.36. The quantitative estimate of drug-likeness (QED) is 0.765. The second-order valence-electron chi connectivity index (χ2n) is 4.74. The number of alkyl carbamates (subject to hydrolysis) is 1. The van der Waals surface area contributed by atoms with E-state index in [1.165, 1.54) is 0 Å². The number of rotatable bonds is 2. The van der Waals surface area contributed by atoms with Crippen LogP contribution in [0.25, 0.3) is 0 Å². The van der Waals surface area contributed by atoms with Gasteiger partial charge in [0.15, 0.2) is 0 Å². The van der Waals surface area contributed by atoms with Crippen molar-refractivity contribution in [2.75, 3.05) is 19.6 Å². The highest BCUT2D eigenvalue weighted by atomic mass is 35.5. The Labute approximate surface area is 97.5 Å². The van der Waals surface area contributed by atoms with Crippen molar-refractivity contribution < 1.29 is 9.53 Å². The molecule has 1 atom stereocenters. The van der Waals surface area contributed by atoms with Gasteiger partial charge in [-0.15, -0.1) is 12.4 Å². The van der Waals surface area contributed by atoms with E-state index < -0.39 is 5.60 Å². The van der Waals surface area contributed by atoms with Gasteiger partial charge < -0.3 is 15.4 Å². The Hall–Kier alpha value is -0.480. The molecule has 0 aromatic rings. The molecule has 1 heterocycles. The van der Waals surface area contributed by atoms with Gasteiger partial charge in [-0.3, -0.25) is 0 Å². The van der Waals surface area contributed by atoms with E-state index in [1.54, 1.807) is 0 Å². The van der Waals surface area contributed by atoms with Gasteiger partial charge in [0.25, 0.3) is 0 Å². The van der Waals surface area contributed by atoms with Crippen LogP contribution < -0.4 is 10.6 Å². The highest BCUT2D eigenvalue weighted by Gasteiger charge is 2.18. The molecule has 0 unspecified atom stereocenters. The number of carbonyl (C=O) groups excluding carboxylic acids is 1. The van der Waals surface area contributed by atoms with E-state index in [-0.39, 0.29) is 18.5 Å². The Morgan fingerprint density at radius 2 is 2.20 bits per heavy atom. The fourth-order valence-corrected chi connectivity index (χ4v) is 1.43. The maximum atomic E-state index is 11.3. The first kappa shape index (κ1) is 14.5. The first-order valence-electron chi connectivity index (χ1n) is 5.15. The molecule has 0 radical (unpaired) electrons. The predicted octanol–water partition coefficient (Wildman–Crippen LogP) is 1.54. The van der Waals surface area contributed by atoms with Crippen LogP contribution in [0.2, 0.25) is 0 Å². The lowest BCUT2D eigenvalue weighted by Gasteiger charge is -2.20. The van der Waals surface area contributed by atoms with Gasteiger partial charge in [-0.2, -0.15) is 0 Å². The Balaban J connectivity index is 0.00000196. The van der Waals surface area contributed by atoms with Gasteiger partial charge in [0.05, 0.1) is 0 Å². The second kappa shape index (κ2) is 6.18. The zero-order chi connectivity index (χ0) is 10.6. The van der Waals surface area contributed by atoms with E-state index in [0.717, 1.165) is 19.5 Å². The van der Waals surface area contributed by atoms with E-state index >= 15 is 0 Å². The second-order valence-corrected chi connectivity index (χ2v) is 4.74. The molecular weight excluding hydrogens is 216 g/mol. The lowest BCUT2D eigenvalue weighted by Crippen LogP contribution is -2.35. The van der Waals surface area contributed by atoms with Crippen LogP contribution in [-0.4, -0.2) is 31.3 Å². The van der Waals surface area contributed by atoms with Crippen LogP contribution in [0.3, 0.4) is 0 Å². The number of hydrogen-bond acceptors (Lipinski definition) is 3. The van der Waals surface area contributed by atoms with Crippen LogP contribution in [0.15, 0.2) is 0 Å². The summed E-state index contributed by atoms with van der Waals surface area (Å²) in [5.74, 6) is 0.558. The average molecular weight is 237 g/mol. The summed E-state index contributed by atoms with van der Waals surface area (Å²) in [6.07, 6.45) is 0.819. The van der Waals surface area contributed by atoms with Gasteiger partial charge >= 0.3 is 6.09 Å². The van der Waals surface area contributed by atoms with Crippen molar-refractivity contribution in [3.63, 3.8) is 0 Å². The van der Waals surface area contributed by atoms with E-state index in [2.05, 4.69) is 10.6 Å². The molecule has 1 rings (SSSR count). The van der Waals surface area contributed by atoms with Crippen LogP contribution in [-0.2, 0) is 4.74 Å². The number of ether oxygens (including phenoxy) is 1. The highest BCUT2D eigenvalue weighted by Crippen LogP contribution is 2.08. The van der Waals surface area contributed by atoms with Crippen molar-refractivity contribution in [1.29, 1.82) is 0 Å². The van der Waals surface area contributed by atoms with Crippen molar-refractivity contribution >= 4 is 18.5 Å². The van der Waals surface area contributed by atoms with Crippen molar-refractivity contribution in [1.82, 2.24) is 10.6 Å². The van der Waals surface area contributed by atoms with Gasteiger partial charge in [-0.1, -0.05) is 0 Å². The molecule has 1 aliphatic rings. The molecule has 1 fully saturated rings. The Kier molecular flexibility index (Phi) is 5.98. The molecule has 4 nitrogen and oxygen atoms in total. The first-order valence-corrected chi connectivity index (χ1v) is 5.15. The molecular formula is C10H21ClN2O2. The lowest BCUT2D eigenvalue weighted by atomic mass is 10.1. The summed E-state index contributed by atoms with van der Waals surface area (Å²) in [7, 11) is 0. The van der Waals surface area contributed by atoms with E-state index in [0.29, 0.717) is 12.5 Å². The van der Waals surface area contributed by atoms with Crippen LogP contribution in [0.5, 0.6) is 0 Å². The van der Waals surface area contributed by atoms with Crippen molar-refractivity contribution in [2.45, 2.75) is 32.8 Å². The molecule has 1 saturated heterocycles. The summed E-state index contributed by atoms with van der Waals surface area (Å²) in [6, 6.07) is 0. The van der Waals surface area contributed by atoms with Gasteiger partial charge in [-0.05, 0) is 46.2 Å². The van der Waals surface area contributed by atoms with Crippen molar-refractivity contribution in [3.05, 3.63) is 0 Å². The monoisotopic (exact) mass is 236 g/mol. The smallest absolute Gasteiger partial charge is 0.407 e. The van der Waals surface area contributed by atoms with Crippen LogP contribution in [0.4, 0.5) is 4.79 Å². The standard InChI is InChI=1S/C10H20N2O2.ClH/c1-10(2,3)14-9(13)12-7-8-4-5-11-6-8;/h8,11H,4-7H2,1-3H3,(H,12,13);1H/t8-;/m1./s1. The Bertz CT molecular complexity index is 198. The molecule has 0 saturated carbocycles. The third kappa shape index (κ3) is 6.57. The molecule has 0 aromatic carbocycles. The molecule has 0 spiro atoms. The van der Waals surface area contributed by atoms with Crippen LogP contribution in [0.1, 0.15) is 27.2 Å². The highest BCUT2D eigenvalue weighted by molar-refractivity contribution is 5.85. The zero-order valence-corrected chi connectivity index (χ0v) is 10.4. The van der Waals surface area contributed by atoms with E-state index in [4.69, 9.17) is 4.74 Å². The fraction of sp³-hybridized carbons (Fsp3) is 0.900. The number of halogens is 1. The maximum absolute atomic E-state index is 11.3. The minimum atomic E-state index is -0.405. The maximum Gasteiger partial charge on any atom is 0.407 e. The van der Waals surface area contributed by atoms with Crippen molar-refractivity contribution in [2.24, 2.45) is 5.92 Å². The van der Waals surface area contributed by atoms with E-state index in [9.17, 15) is 4.79 Å². The average Bonchev–Trinajstić information content (AvgIpc) is 2.49. The third-order valence-electron chi connectivity index (χ3n) is 2.10. The number of hydrogen-bond donors (Lipinski definition) is 2. The summed E-state index contributed by atoms with van der Waals surface area (Å²) in [4.78, 5) is 11.3. The summed E-state index contributed by atoms with van der Waals surface area (Å²) in [5.41, 5.74) is -0.405. The molecule has 0 aliphatic carbocycles. The fourth-order valence-electron chi connectivity index (χ4n) is 1.43. The summed E-state index contributed by atoms with van der Waals surface area (Å²) in [5, 5.41) is 6.03. The Morgan fingerprint density at radius 3 is 2.67 bits per heavy atom. The Morgan fingerprint density at radius 1 is 1.53 bits per heavy atom. The van der Waals surface area contributed by atoms with Gasteiger partial charge in [0, 0.05) is 6.54 Å². The van der Waals surface area contributed by atoms with Crippen molar-refractivity contribution in [3.8, 4) is 0 Å². The van der Waals surface area contributed by atoms with Gasteiger partial charge in [0.2, 0.25) is 0 Å². The summed E-state index contributed by atoms with van der Waals surface area (Å²) < 4.78 is 5.13. The third-order valence-corrected chi connectivity index (χ3v) is 2.10. The molecule has 2 N–H and O–H groups in total. The first-order chi connectivity index (χ1) is 6.47. The van der Waals surface area contributed by atoms with Gasteiger partial charge in [0.1, 0.15) is 5.60 Å². The molecule has 0 aromatic heterocycles. The van der Waals surface area contributed by atoms with Gasteiger partial charge in [-0.25, -0.2) is 4.79 Å².